The van der Waals surface area contributed by atoms with Crippen LogP contribution in [0.4, 0.5) is 0 Å². The van der Waals surface area contributed by atoms with Gasteiger partial charge in [0.25, 0.3) is 0 Å². The average molecular weight is 416 g/mol. The summed E-state index contributed by atoms with van der Waals surface area (Å²) in [4.78, 5) is 15.0. The van der Waals surface area contributed by atoms with Crippen molar-refractivity contribution in [2.24, 2.45) is 17.6 Å². The van der Waals surface area contributed by atoms with Crippen LogP contribution in [0, 0.1) is 11.8 Å². The number of nitrogens with one attached hydrogen (secondary N) is 1. The second-order valence-corrected chi connectivity index (χ2v) is 7.89. The van der Waals surface area contributed by atoms with Gasteiger partial charge in [-0.3, -0.25) is 9.69 Å². The monoisotopic (exact) mass is 415 g/mol. The lowest BCUT2D eigenvalue weighted by Gasteiger charge is -2.36. The number of benzene rings is 1. The number of rotatable bonds is 6. The van der Waals surface area contributed by atoms with E-state index < -0.39 is 0 Å². The summed E-state index contributed by atoms with van der Waals surface area (Å²) in [5.41, 5.74) is 7.27. The van der Waals surface area contributed by atoms with Crippen molar-refractivity contribution in [1.29, 1.82) is 0 Å². The van der Waals surface area contributed by atoms with Gasteiger partial charge in [-0.05, 0) is 76.1 Å². The van der Waals surface area contributed by atoms with Crippen LogP contribution in [0.5, 0.6) is 0 Å². The summed E-state index contributed by atoms with van der Waals surface area (Å²) in [6, 6.07) is 11.0. The average Bonchev–Trinajstić information content (AvgIpc) is 3.09. The third kappa shape index (κ3) is 6.63. The molecule has 3 rings (SSSR count). The van der Waals surface area contributed by atoms with Crippen molar-refractivity contribution in [3.8, 4) is 0 Å². The molecule has 6 heteroatoms. The maximum atomic E-state index is 12.6. The first-order valence-electron chi connectivity index (χ1n) is 9.95. The first-order chi connectivity index (χ1) is 12.2. The van der Waals surface area contributed by atoms with E-state index in [0.29, 0.717) is 12.5 Å². The highest BCUT2D eigenvalue weighted by Gasteiger charge is 2.31. The van der Waals surface area contributed by atoms with Gasteiger partial charge in [0.05, 0.1) is 6.04 Å². The van der Waals surface area contributed by atoms with Crippen LogP contribution in [-0.2, 0) is 11.2 Å². The van der Waals surface area contributed by atoms with Crippen LogP contribution in [0.2, 0.25) is 0 Å². The lowest BCUT2D eigenvalue weighted by atomic mass is 9.89. The van der Waals surface area contributed by atoms with Gasteiger partial charge in [-0.15, -0.1) is 24.8 Å². The van der Waals surface area contributed by atoms with E-state index in [4.69, 9.17) is 5.73 Å². The molecule has 3 unspecified atom stereocenters. The van der Waals surface area contributed by atoms with Crippen LogP contribution in [0.3, 0.4) is 0 Å². The summed E-state index contributed by atoms with van der Waals surface area (Å²) in [7, 11) is 0. The number of carbonyl (C=O) groups is 1. The molecule has 4 nitrogen and oxygen atoms in total. The molecule has 1 amide bonds. The van der Waals surface area contributed by atoms with Gasteiger partial charge >= 0.3 is 0 Å². The maximum absolute atomic E-state index is 12.6. The number of nitrogens with two attached hydrogens (primary N) is 1. The van der Waals surface area contributed by atoms with E-state index in [0.717, 1.165) is 38.3 Å². The Morgan fingerprint density at radius 1 is 1.15 bits per heavy atom. The van der Waals surface area contributed by atoms with Crippen LogP contribution in [0.1, 0.15) is 44.6 Å². The van der Waals surface area contributed by atoms with Crippen LogP contribution in [0.15, 0.2) is 30.3 Å². The Morgan fingerprint density at radius 3 is 2.44 bits per heavy atom. The number of piperidine rings is 1. The predicted octanol–water partition coefficient (Wildman–Crippen LogP) is 3.42. The summed E-state index contributed by atoms with van der Waals surface area (Å²) in [5, 5.41) is 3.27. The maximum Gasteiger partial charge on any atom is 0.237 e. The summed E-state index contributed by atoms with van der Waals surface area (Å²) in [6.07, 6.45) is 6.95. The molecule has 1 aromatic rings. The molecule has 1 saturated carbocycles. The van der Waals surface area contributed by atoms with E-state index >= 15 is 0 Å². The minimum absolute atomic E-state index is 0. The Morgan fingerprint density at radius 2 is 1.81 bits per heavy atom. The first kappa shape index (κ1) is 24.2. The molecular weight excluding hydrogens is 381 g/mol. The van der Waals surface area contributed by atoms with Crippen molar-refractivity contribution < 1.29 is 4.79 Å². The quantitative estimate of drug-likeness (QED) is 0.747. The van der Waals surface area contributed by atoms with E-state index in [1.165, 1.54) is 24.8 Å². The van der Waals surface area contributed by atoms with Crippen molar-refractivity contribution in [3.63, 3.8) is 0 Å². The molecule has 1 aliphatic carbocycles. The van der Waals surface area contributed by atoms with E-state index in [1.807, 2.05) is 0 Å². The highest BCUT2D eigenvalue weighted by atomic mass is 35.5. The predicted molar refractivity (Wildman–Crippen MR) is 117 cm³/mol. The number of hydrogen-bond acceptors (Lipinski definition) is 3. The topological polar surface area (TPSA) is 58.4 Å². The summed E-state index contributed by atoms with van der Waals surface area (Å²) in [6.45, 7) is 4.79. The fourth-order valence-electron chi connectivity index (χ4n) is 4.47. The zero-order valence-corrected chi connectivity index (χ0v) is 17.9. The van der Waals surface area contributed by atoms with Gasteiger partial charge < -0.3 is 11.1 Å². The van der Waals surface area contributed by atoms with E-state index in [9.17, 15) is 4.79 Å². The van der Waals surface area contributed by atoms with Gasteiger partial charge in [-0.25, -0.2) is 0 Å². The van der Waals surface area contributed by atoms with Gasteiger partial charge in [-0.2, -0.15) is 0 Å². The van der Waals surface area contributed by atoms with Crippen molar-refractivity contribution in [1.82, 2.24) is 10.2 Å². The molecule has 1 saturated heterocycles. The second kappa shape index (κ2) is 11.9. The van der Waals surface area contributed by atoms with E-state index in [-0.39, 0.29) is 42.8 Å². The lowest BCUT2D eigenvalue weighted by Crippen LogP contribution is -2.51. The largest absolute Gasteiger partial charge is 0.352 e. The Bertz CT molecular complexity index is 550. The lowest BCUT2D eigenvalue weighted by molar-refractivity contribution is -0.127. The molecule has 3 N–H and O–H groups in total. The zero-order valence-electron chi connectivity index (χ0n) is 16.3. The normalized spacial score (nSPS) is 24.5. The smallest absolute Gasteiger partial charge is 0.237 e. The van der Waals surface area contributed by atoms with E-state index in [2.05, 4.69) is 47.5 Å². The van der Waals surface area contributed by atoms with Crippen molar-refractivity contribution >= 4 is 30.7 Å². The zero-order chi connectivity index (χ0) is 17.6. The molecule has 2 aliphatic rings. The third-order valence-electron chi connectivity index (χ3n) is 6.23. The standard InChI is InChI=1S/C21H33N3O.2ClH/c1-16(21(25)23-20-9-5-8-19(20)15-22)24-12-10-18(11-13-24)14-17-6-3-2-4-7-17;;/h2-4,6-7,16,18-20H,5,8-15,22H2,1H3,(H,23,25);2*1H. The highest BCUT2D eigenvalue weighted by molar-refractivity contribution is 5.85. The molecule has 1 heterocycles. The molecular formula is C21H35Cl2N3O. The van der Waals surface area contributed by atoms with Gasteiger partial charge in [0.1, 0.15) is 0 Å². The fraction of sp³-hybridized carbons (Fsp3) is 0.667. The van der Waals surface area contributed by atoms with Gasteiger partial charge in [0.2, 0.25) is 5.91 Å². The van der Waals surface area contributed by atoms with Gasteiger partial charge in [0.15, 0.2) is 0 Å². The number of halogens is 2. The Balaban J connectivity index is 0.00000182. The molecule has 0 spiro atoms. The molecule has 3 atom stereocenters. The Hall–Kier alpha value is -0.810. The molecule has 0 aromatic heterocycles. The molecule has 1 aromatic carbocycles. The molecule has 154 valence electrons. The summed E-state index contributed by atoms with van der Waals surface area (Å²) in [5.74, 6) is 1.39. The molecule has 0 bridgehead atoms. The van der Waals surface area contributed by atoms with Gasteiger partial charge in [0, 0.05) is 6.04 Å². The molecule has 0 radical (unpaired) electrons. The number of nitrogens with zero attached hydrogens (tertiary/aromatic N) is 1. The SMILES string of the molecule is CC(C(=O)NC1CCCC1CN)N1CCC(Cc2ccccc2)CC1.Cl.Cl. The van der Waals surface area contributed by atoms with Crippen LogP contribution in [-0.4, -0.2) is 42.5 Å². The first-order valence-corrected chi connectivity index (χ1v) is 9.95. The van der Waals surface area contributed by atoms with Gasteiger partial charge in [-0.1, -0.05) is 36.8 Å². The highest BCUT2D eigenvalue weighted by Crippen LogP contribution is 2.26. The molecule has 1 aliphatic heterocycles. The Labute approximate surface area is 176 Å². The summed E-state index contributed by atoms with van der Waals surface area (Å²) < 4.78 is 0. The van der Waals surface area contributed by atoms with Crippen LogP contribution in [0.25, 0.3) is 0 Å². The molecule has 27 heavy (non-hydrogen) atoms. The van der Waals surface area contributed by atoms with E-state index in [1.54, 1.807) is 0 Å². The minimum atomic E-state index is -0.0308. The van der Waals surface area contributed by atoms with Crippen molar-refractivity contribution in [2.75, 3.05) is 19.6 Å². The van der Waals surface area contributed by atoms with Crippen LogP contribution >= 0.6 is 24.8 Å². The van der Waals surface area contributed by atoms with Crippen LogP contribution < -0.4 is 11.1 Å². The Kier molecular flexibility index (Phi) is 10.7. The fourth-order valence-corrected chi connectivity index (χ4v) is 4.47. The number of carbonyl (C=O) groups excluding carboxylic acids is 1. The molecule has 2 fully saturated rings. The third-order valence-corrected chi connectivity index (χ3v) is 6.23. The number of likely N-dealkylation sites (tertiary alicyclic amines) is 1. The number of amides is 1. The summed E-state index contributed by atoms with van der Waals surface area (Å²) >= 11 is 0. The van der Waals surface area contributed by atoms with Crippen molar-refractivity contribution in [2.45, 2.75) is 57.5 Å². The number of hydrogen-bond donors (Lipinski definition) is 2. The van der Waals surface area contributed by atoms with Crippen molar-refractivity contribution in [3.05, 3.63) is 35.9 Å². The minimum Gasteiger partial charge on any atom is -0.352 e. The second-order valence-electron chi connectivity index (χ2n) is 7.89.